The SMILES string of the molecule is CCc1c(-c2c(F)cc(F)cc2F)noc1N. The molecule has 6 heteroatoms. The Hall–Kier alpha value is -1.98. The van der Waals surface area contributed by atoms with Gasteiger partial charge in [0, 0.05) is 17.7 Å². The van der Waals surface area contributed by atoms with Crippen molar-refractivity contribution in [1.82, 2.24) is 5.16 Å². The van der Waals surface area contributed by atoms with Gasteiger partial charge in [0.1, 0.15) is 23.1 Å². The van der Waals surface area contributed by atoms with E-state index < -0.39 is 23.0 Å². The van der Waals surface area contributed by atoms with Crippen LogP contribution in [0.4, 0.5) is 19.1 Å². The first-order valence-electron chi connectivity index (χ1n) is 4.93. The van der Waals surface area contributed by atoms with Gasteiger partial charge in [0.05, 0.1) is 5.56 Å². The van der Waals surface area contributed by atoms with E-state index in [0.29, 0.717) is 24.1 Å². The maximum Gasteiger partial charge on any atom is 0.225 e. The van der Waals surface area contributed by atoms with Crippen LogP contribution in [0.5, 0.6) is 0 Å². The summed E-state index contributed by atoms with van der Waals surface area (Å²) in [6, 6.07) is 1.17. The van der Waals surface area contributed by atoms with Gasteiger partial charge in [-0.05, 0) is 6.42 Å². The van der Waals surface area contributed by atoms with Gasteiger partial charge in [0.25, 0.3) is 0 Å². The predicted octanol–water partition coefficient (Wildman–Crippen LogP) is 2.90. The van der Waals surface area contributed by atoms with Crippen LogP contribution in [-0.4, -0.2) is 5.16 Å². The molecular weight excluding hydrogens is 233 g/mol. The largest absolute Gasteiger partial charge is 0.367 e. The summed E-state index contributed by atoms with van der Waals surface area (Å²) in [6.45, 7) is 1.74. The minimum Gasteiger partial charge on any atom is -0.367 e. The minimum absolute atomic E-state index is 0.00521. The molecule has 3 nitrogen and oxygen atoms in total. The lowest BCUT2D eigenvalue weighted by Gasteiger charge is -2.03. The number of rotatable bonds is 2. The summed E-state index contributed by atoms with van der Waals surface area (Å²) < 4.78 is 44.5. The number of anilines is 1. The molecule has 1 aromatic heterocycles. The predicted molar refractivity (Wildman–Crippen MR) is 55.6 cm³/mol. The van der Waals surface area contributed by atoms with Crippen molar-refractivity contribution in [3.05, 3.63) is 35.1 Å². The highest BCUT2D eigenvalue weighted by Gasteiger charge is 2.21. The van der Waals surface area contributed by atoms with E-state index in [-0.39, 0.29) is 11.6 Å². The van der Waals surface area contributed by atoms with Crippen molar-refractivity contribution >= 4 is 5.88 Å². The molecule has 2 rings (SSSR count). The maximum atomic E-state index is 13.5. The third kappa shape index (κ3) is 1.86. The lowest BCUT2D eigenvalue weighted by Crippen LogP contribution is -1.96. The number of nitrogen functional groups attached to an aromatic ring is 1. The summed E-state index contributed by atoms with van der Waals surface area (Å²) in [7, 11) is 0. The number of nitrogens with two attached hydrogens (primary N) is 1. The number of halogens is 3. The molecule has 0 amide bonds. The number of aromatic nitrogens is 1. The summed E-state index contributed by atoms with van der Waals surface area (Å²) in [5.41, 5.74) is 5.41. The van der Waals surface area contributed by atoms with Gasteiger partial charge in [0.2, 0.25) is 5.88 Å². The molecular formula is C11H9F3N2O. The third-order valence-electron chi connectivity index (χ3n) is 2.42. The highest BCUT2D eigenvalue weighted by atomic mass is 19.1. The molecule has 0 saturated heterocycles. The van der Waals surface area contributed by atoms with Crippen LogP contribution in [0.3, 0.4) is 0 Å². The van der Waals surface area contributed by atoms with E-state index in [1.807, 2.05) is 0 Å². The van der Waals surface area contributed by atoms with Gasteiger partial charge in [-0.25, -0.2) is 13.2 Å². The average Bonchev–Trinajstić information content (AvgIpc) is 2.58. The highest BCUT2D eigenvalue weighted by Crippen LogP contribution is 2.31. The normalized spacial score (nSPS) is 10.8. The van der Waals surface area contributed by atoms with E-state index in [1.54, 1.807) is 6.92 Å². The summed E-state index contributed by atoms with van der Waals surface area (Å²) >= 11 is 0. The van der Waals surface area contributed by atoms with E-state index in [9.17, 15) is 13.2 Å². The quantitative estimate of drug-likeness (QED) is 0.880. The Bertz CT molecular complexity index is 543. The maximum absolute atomic E-state index is 13.5. The van der Waals surface area contributed by atoms with Crippen LogP contribution in [0.15, 0.2) is 16.7 Å². The van der Waals surface area contributed by atoms with Crippen LogP contribution in [-0.2, 0) is 6.42 Å². The van der Waals surface area contributed by atoms with Crippen LogP contribution >= 0.6 is 0 Å². The summed E-state index contributed by atoms with van der Waals surface area (Å²) in [5.74, 6) is -3.06. The topological polar surface area (TPSA) is 52.0 Å². The zero-order valence-corrected chi connectivity index (χ0v) is 8.93. The van der Waals surface area contributed by atoms with Crippen molar-refractivity contribution in [2.24, 2.45) is 0 Å². The molecule has 0 unspecified atom stereocenters. The molecule has 2 aromatic rings. The van der Waals surface area contributed by atoms with Crippen LogP contribution in [0, 0.1) is 17.5 Å². The number of hydrogen-bond donors (Lipinski definition) is 1. The number of benzene rings is 1. The second-order valence-electron chi connectivity index (χ2n) is 3.47. The van der Waals surface area contributed by atoms with Gasteiger partial charge < -0.3 is 10.3 Å². The van der Waals surface area contributed by atoms with E-state index in [0.717, 1.165) is 0 Å². The van der Waals surface area contributed by atoms with Crippen molar-refractivity contribution in [1.29, 1.82) is 0 Å². The van der Waals surface area contributed by atoms with Crippen LogP contribution in [0.2, 0.25) is 0 Å². The van der Waals surface area contributed by atoms with E-state index >= 15 is 0 Å². The molecule has 0 atom stereocenters. The molecule has 1 aromatic carbocycles. The van der Waals surface area contributed by atoms with Gasteiger partial charge in [-0.15, -0.1) is 0 Å². The number of hydrogen-bond acceptors (Lipinski definition) is 3. The average molecular weight is 242 g/mol. The van der Waals surface area contributed by atoms with Crippen molar-refractivity contribution in [2.75, 3.05) is 5.73 Å². The molecule has 17 heavy (non-hydrogen) atoms. The molecule has 1 heterocycles. The Morgan fingerprint density at radius 1 is 1.24 bits per heavy atom. The fourth-order valence-electron chi connectivity index (χ4n) is 1.63. The Balaban J connectivity index is 2.68. The summed E-state index contributed by atoms with van der Waals surface area (Å²) in [6.07, 6.45) is 0.404. The Kier molecular flexibility index (Phi) is 2.79. The van der Waals surface area contributed by atoms with E-state index in [1.165, 1.54) is 0 Å². The molecule has 0 saturated carbocycles. The van der Waals surface area contributed by atoms with Crippen molar-refractivity contribution < 1.29 is 17.7 Å². The van der Waals surface area contributed by atoms with Crippen LogP contribution < -0.4 is 5.73 Å². The zero-order chi connectivity index (χ0) is 12.6. The smallest absolute Gasteiger partial charge is 0.225 e. The van der Waals surface area contributed by atoms with Gasteiger partial charge >= 0.3 is 0 Å². The van der Waals surface area contributed by atoms with Gasteiger partial charge in [-0.2, -0.15) is 0 Å². The zero-order valence-electron chi connectivity index (χ0n) is 8.93. The van der Waals surface area contributed by atoms with Gasteiger partial charge in [-0.1, -0.05) is 12.1 Å². The molecule has 0 fully saturated rings. The lowest BCUT2D eigenvalue weighted by molar-refractivity contribution is 0.437. The second-order valence-corrected chi connectivity index (χ2v) is 3.47. The van der Waals surface area contributed by atoms with Crippen molar-refractivity contribution in [2.45, 2.75) is 13.3 Å². The Labute approximate surface area is 95.0 Å². The fourth-order valence-corrected chi connectivity index (χ4v) is 1.63. The first kappa shape index (κ1) is 11.5. The molecule has 0 bridgehead atoms. The molecule has 0 aliphatic heterocycles. The number of nitrogens with zero attached hydrogens (tertiary/aromatic N) is 1. The summed E-state index contributed by atoms with van der Waals surface area (Å²) in [5, 5.41) is 3.51. The lowest BCUT2D eigenvalue weighted by atomic mass is 10.0. The fraction of sp³-hybridized carbons (Fsp3) is 0.182. The van der Waals surface area contributed by atoms with E-state index in [2.05, 4.69) is 9.68 Å². The van der Waals surface area contributed by atoms with Crippen LogP contribution in [0.25, 0.3) is 11.3 Å². The Morgan fingerprint density at radius 2 is 1.82 bits per heavy atom. The Morgan fingerprint density at radius 3 is 2.35 bits per heavy atom. The molecule has 0 spiro atoms. The van der Waals surface area contributed by atoms with Gasteiger partial charge in [0.15, 0.2) is 0 Å². The molecule has 0 aliphatic rings. The van der Waals surface area contributed by atoms with Crippen molar-refractivity contribution in [3.8, 4) is 11.3 Å². The van der Waals surface area contributed by atoms with Crippen molar-refractivity contribution in [3.63, 3.8) is 0 Å². The monoisotopic (exact) mass is 242 g/mol. The third-order valence-corrected chi connectivity index (χ3v) is 2.42. The first-order valence-corrected chi connectivity index (χ1v) is 4.93. The first-order chi connectivity index (χ1) is 8.04. The molecule has 90 valence electrons. The van der Waals surface area contributed by atoms with Gasteiger partial charge in [-0.3, -0.25) is 0 Å². The molecule has 0 radical (unpaired) electrons. The minimum atomic E-state index is -1.04. The van der Waals surface area contributed by atoms with E-state index in [4.69, 9.17) is 5.73 Å². The second kappa shape index (κ2) is 4.12. The standard InChI is InChI=1S/C11H9F3N2O/c1-2-6-10(16-17-11(6)15)9-7(13)3-5(12)4-8(9)14/h3-4H,2,15H2,1H3. The highest BCUT2D eigenvalue weighted by molar-refractivity contribution is 5.68. The molecule has 0 aliphatic carbocycles. The summed E-state index contributed by atoms with van der Waals surface area (Å²) in [4.78, 5) is 0. The van der Waals surface area contributed by atoms with Crippen LogP contribution in [0.1, 0.15) is 12.5 Å². The molecule has 2 N–H and O–H groups in total.